The first kappa shape index (κ1) is 17.7. The van der Waals surface area contributed by atoms with Crippen LogP contribution in [0.3, 0.4) is 0 Å². The third-order valence-corrected chi connectivity index (χ3v) is 5.67. The van der Waals surface area contributed by atoms with Crippen LogP contribution in [0.25, 0.3) is 11.3 Å². The van der Waals surface area contributed by atoms with E-state index in [1.165, 1.54) is 12.1 Å². The average molecular weight is 381 g/mol. The van der Waals surface area contributed by atoms with Gasteiger partial charge in [0.05, 0.1) is 5.69 Å². The van der Waals surface area contributed by atoms with E-state index in [2.05, 4.69) is 4.90 Å². The molecule has 0 N–H and O–H groups in total. The van der Waals surface area contributed by atoms with Crippen LogP contribution in [0.5, 0.6) is 0 Å². The first-order valence-electron chi connectivity index (χ1n) is 8.92. The van der Waals surface area contributed by atoms with Gasteiger partial charge in [-0.2, -0.15) is 0 Å². The zero-order chi connectivity index (χ0) is 18.8. The van der Waals surface area contributed by atoms with Crippen molar-refractivity contribution in [2.24, 2.45) is 0 Å². The molecule has 4 rings (SSSR count). The molecule has 27 heavy (non-hydrogen) atoms. The minimum absolute atomic E-state index is 0.0841. The molecule has 0 aliphatic carbocycles. The number of carbonyl (C=O) groups excluding carboxylic acids is 1. The van der Waals surface area contributed by atoms with Crippen molar-refractivity contribution in [1.29, 1.82) is 0 Å². The number of benzene rings is 2. The maximum absolute atomic E-state index is 13.1. The molecule has 0 bridgehead atoms. The molecule has 4 nitrogen and oxygen atoms in total. The third kappa shape index (κ3) is 3.85. The number of anilines is 1. The summed E-state index contributed by atoms with van der Waals surface area (Å²) in [6.45, 7) is 4.89. The fraction of sp³-hybridized carbons (Fsp3) is 0.238. The average Bonchev–Trinajstić information content (AvgIpc) is 3.19. The van der Waals surface area contributed by atoms with Crippen molar-refractivity contribution in [3.8, 4) is 11.3 Å². The quantitative estimate of drug-likeness (QED) is 0.682. The lowest BCUT2D eigenvalue weighted by Gasteiger charge is -2.34. The van der Waals surface area contributed by atoms with Crippen LogP contribution in [0, 0.1) is 12.7 Å². The molecule has 3 aromatic rings. The van der Waals surface area contributed by atoms with Crippen LogP contribution in [-0.2, 0) is 0 Å². The summed E-state index contributed by atoms with van der Waals surface area (Å²) < 4.78 is 13.1. The van der Waals surface area contributed by atoms with Crippen molar-refractivity contribution in [1.82, 2.24) is 9.88 Å². The Morgan fingerprint density at radius 2 is 1.67 bits per heavy atom. The van der Waals surface area contributed by atoms with Gasteiger partial charge in [-0.1, -0.05) is 17.7 Å². The van der Waals surface area contributed by atoms with E-state index < -0.39 is 0 Å². The largest absolute Gasteiger partial charge is 0.345 e. The highest BCUT2D eigenvalue weighted by Crippen LogP contribution is 2.28. The number of aromatic nitrogens is 1. The first-order chi connectivity index (χ1) is 13.1. The second-order valence-corrected chi connectivity index (χ2v) is 7.50. The number of rotatable bonds is 3. The van der Waals surface area contributed by atoms with Crippen molar-refractivity contribution in [3.05, 3.63) is 70.9 Å². The van der Waals surface area contributed by atoms with Gasteiger partial charge in [-0.3, -0.25) is 4.79 Å². The Labute approximate surface area is 161 Å². The van der Waals surface area contributed by atoms with Crippen LogP contribution in [0.1, 0.15) is 15.9 Å². The van der Waals surface area contributed by atoms with Gasteiger partial charge in [-0.25, -0.2) is 9.37 Å². The molecule has 6 heteroatoms. The Kier molecular flexibility index (Phi) is 4.90. The Bertz CT molecular complexity index is 929. The summed E-state index contributed by atoms with van der Waals surface area (Å²) in [6.07, 6.45) is 0. The highest BCUT2D eigenvalue weighted by atomic mass is 32.1. The van der Waals surface area contributed by atoms with Crippen molar-refractivity contribution in [2.75, 3.05) is 31.1 Å². The molecule has 138 valence electrons. The molecule has 1 aliphatic rings. The summed E-state index contributed by atoms with van der Waals surface area (Å²) in [5, 5.41) is 2.93. The standard InChI is InChI=1S/C21H20FN3OS/c1-15-2-4-17(5-3-15)20(26)24-10-12-25(13-11-24)21-23-19(14-27-21)16-6-8-18(22)9-7-16/h2-9,14H,10-13H2,1H3. The van der Waals surface area contributed by atoms with Gasteiger partial charge in [-0.05, 0) is 43.3 Å². The molecule has 0 saturated carbocycles. The Hall–Kier alpha value is -2.73. The first-order valence-corrected chi connectivity index (χ1v) is 9.80. The fourth-order valence-electron chi connectivity index (χ4n) is 3.14. The number of halogens is 1. The number of amides is 1. The van der Waals surface area contributed by atoms with E-state index in [9.17, 15) is 9.18 Å². The predicted octanol–water partition coefficient (Wildman–Crippen LogP) is 4.22. The minimum atomic E-state index is -0.247. The monoisotopic (exact) mass is 381 g/mol. The van der Waals surface area contributed by atoms with Crippen LogP contribution >= 0.6 is 11.3 Å². The topological polar surface area (TPSA) is 36.4 Å². The lowest BCUT2D eigenvalue weighted by atomic mass is 10.1. The minimum Gasteiger partial charge on any atom is -0.345 e. The molecule has 0 radical (unpaired) electrons. The zero-order valence-corrected chi connectivity index (χ0v) is 15.9. The molecule has 0 unspecified atom stereocenters. The second-order valence-electron chi connectivity index (χ2n) is 6.67. The van der Waals surface area contributed by atoms with Crippen LogP contribution in [0.4, 0.5) is 9.52 Å². The van der Waals surface area contributed by atoms with Gasteiger partial charge >= 0.3 is 0 Å². The smallest absolute Gasteiger partial charge is 0.253 e. The molecule has 1 saturated heterocycles. The fourth-order valence-corrected chi connectivity index (χ4v) is 4.03. The summed E-state index contributed by atoms with van der Waals surface area (Å²) in [6, 6.07) is 14.1. The summed E-state index contributed by atoms with van der Waals surface area (Å²) in [5.74, 6) is -0.163. The summed E-state index contributed by atoms with van der Waals surface area (Å²) in [5.41, 5.74) is 3.65. The molecule has 0 spiro atoms. The SMILES string of the molecule is Cc1ccc(C(=O)N2CCN(c3nc(-c4ccc(F)cc4)cs3)CC2)cc1. The highest BCUT2D eigenvalue weighted by Gasteiger charge is 2.23. The number of piperazine rings is 1. The van der Waals surface area contributed by atoms with Crippen LogP contribution in [0.2, 0.25) is 0 Å². The Balaban J connectivity index is 1.40. The van der Waals surface area contributed by atoms with Gasteiger partial charge in [0.2, 0.25) is 0 Å². The van der Waals surface area contributed by atoms with Gasteiger partial charge in [0.1, 0.15) is 5.82 Å². The maximum atomic E-state index is 13.1. The van der Waals surface area contributed by atoms with Gasteiger partial charge in [0, 0.05) is 42.7 Å². The normalized spacial score (nSPS) is 14.4. The molecule has 2 heterocycles. The Morgan fingerprint density at radius 3 is 2.33 bits per heavy atom. The van der Waals surface area contributed by atoms with Crippen molar-refractivity contribution < 1.29 is 9.18 Å². The summed E-state index contributed by atoms with van der Waals surface area (Å²) >= 11 is 1.58. The van der Waals surface area contributed by atoms with Gasteiger partial charge < -0.3 is 9.80 Å². The number of thiazole rings is 1. The summed E-state index contributed by atoms with van der Waals surface area (Å²) in [7, 11) is 0. The second kappa shape index (κ2) is 7.48. The lowest BCUT2D eigenvalue weighted by molar-refractivity contribution is 0.0747. The van der Waals surface area contributed by atoms with E-state index >= 15 is 0 Å². The number of hydrogen-bond donors (Lipinski definition) is 0. The predicted molar refractivity (Wildman–Crippen MR) is 107 cm³/mol. The maximum Gasteiger partial charge on any atom is 0.253 e. The molecule has 2 aromatic carbocycles. The molecule has 1 fully saturated rings. The Morgan fingerprint density at radius 1 is 1.00 bits per heavy atom. The van der Waals surface area contributed by atoms with E-state index in [-0.39, 0.29) is 11.7 Å². The number of hydrogen-bond acceptors (Lipinski definition) is 4. The van der Waals surface area contributed by atoms with Gasteiger partial charge in [0.25, 0.3) is 5.91 Å². The molecule has 1 amide bonds. The zero-order valence-electron chi connectivity index (χ0n) is 15.1. The molecular weight excluding hydrogens is 361 g/mol. The van der Waals surface area contributed by atoms with Gasteiger partial charge in [-0.15, -0.1) is 11.3 Å². The molecule has 1 aromatic heterocycles. The van der Waals surface area contributed by atoms with E-state index in [1.807, 2.05) is 41.5 Å². The van der Waals surface area contributed by atoms with E-state index in [4.69, 9.17) is 4.98 Å². The van der Waals surface area contributed by atoms with Crippen molar-refractivity contribution in [2.45, 2.75) is 6.92 Å². The molecule has 1 aliphatic heterocycles. The lowest BCUT2D eigenvalue weighted by Crippen LogP contribution is -2.48. The van der Waals surface area contributed by atoms with Crippen LogP contribution < -0.4 is 4.90 Å². The summed E-state index contributed by atoms with van der Waals surface area (Å²) in [4.78, 5) is 21.4. The van der Waals surface area contributed by atoms with E-state index in [0.717, 1.165) is 40.6 Å². The van der Waals surface area contributed by atoms with Crippen LogP contribution in [0.15, 0.2) is 53.9 Å². The van der Waals surface area contributed by atoms with E-state index in [1.54, 1.807) is 23.5 Å². The van der Waals surface area contributed by atoms with Gasteiger partial charge in [0.15, 0.2) is 5.13 Å². The number of carbonyl (C=O) groups is 1. The van der Waals surface area contributed by atoms with Crippen LogP contribution in [-0.4, -0.2) is 42.0 Å². The number of aryl methyl sites for hydroxylation is 1. The third-order valence-electron chi connectivity index (χ3n) is 4.77. The van der Waals surface area contributed by atoms with Crippen molar-refractivity contribution in [3.63, 3.8) is 0 Å². The van der Waals surface area contributed by atoms with E-state index in [0.29, 0.717) is 13.1 Å². The number of nitrogens with zero attached hydrogens (tertiary/aromatic N) is 3. The molecule has 0 atom stereocenters. The molecular formula is C21H20FN3OS. The highest BCUT2D eigenvalue weighted by molar-refractivity contribution is 7.14. The van der Waals surface area contributed by atoms with Crippen molar-refractivity contribution >= 4 is 22.4 Å².